The Morgan fingerprint density at radius 1 is 1.09 bits per heavy atom. The van der Waals surface area contributed by atoms with E-state index < -0.39 is 6.04 Å². The summed E-state index contributed by atoms with van der Waals surface area (Å²) in [5.74, 6) is 0.613. The fourth-order valence-electron chi connectivity index (χ4n) is 4.25. The van der Waals surface area contributed by atoms with Crippen LogP contribution in [0.4, 0.5) is 11.6 Å². The molecule has 3 heterocycles. The van der Waals surface area contributed by atoms with E-state index in [0.29, 0.717) is 63.3 Å². The van der Waals surface area contributed by atoms with Crippen molar-refractivity contribution in [1.82, 2.24) is 25.1 Å². The number of carbonyl (C=O) groups is 3. The van der Waals surface area contributed by atoms with E-state index in [1.54, 1.807) is 42.7 Å². The van der Waals surface area contributed by atoms with E-state index in [1.165, 1.54) is 4.90 Å². The third-order valence-corrected chi connectivity index (χ3v) is 6.05. The highest BCUT2D eigenvalue weighted by molar-refractivity contribution is 5.97. The van der Waals surface area contributed by atoms with Crippen molar-refractivity contribution in [3.8, 4) is 5.75 Å². The van der Waals surface area contributed by atoms with Gasteiger partial charge in [0.05, 0.1) is 19.6 Å². The lowest BCUT2D eigenvalue weighted by Crippen LogP contribution is -2.60. The maximum absolute atomic E-state index is 13.1. The largest absolute Gasteiger partial charge is 0.494 e. The van der Waals surface area contributed by atoms with Crippen LogP contribution in [0.5, 0.6) is 5.75 Å². The number of anilines is 2. The Labute approximate surface area is 204 Å². The fourth-order valence-corrected chi connectivity index (χ4v) is 4.25. The molecule has 2 fully saturated rings. The Morgan fingerprint density at radius 3 is 2.49 bits per heavy atom. The quantitative estimate of drug-likeness (QED) is 0.554. The minimum absolute atomic E-state index is 0.107. The molecule has 2 N–H and O–H groups in total. The molecule has 1 atom stereocenters. The highest BCUT2D eigenvalue weighted by atomic mass is 16.5. The van der Waals surface area contributed by atoms with Gasteiger partial charge >= 0.3 is 0 Å². The van der Waals surface area contributed by atoms with Gasteiger partial charge in [0.15, 0.2) is 0 Å². The Kier molecular flexibility index (Phi) is 8.09. The summed E-state index contributed by atoms with van der Waals surface area (Å²) < 4.78 is 5.41. The van der Waals surface area contributed by atoms with Gasteiger partial charge in [-0.3, -0.25) is 19.3 Å². The first-order chi connectivity index (χ1) is 17.0. The summed E-state index contributed by atoms with van der Waals surface area (Å²) in [4.78, 5) is 52.6. The molecule has 186 valence electrons. The second-order valence-corrected chi connectivity index (χ2v) is 8.42. The van der Waals surface area contributed by atoms with Crippen LogP contribution in [0, 0.1) is 0 Å². The molecule has 35 heavy (non-hydrogen) atoms. The standard InChI is InChI=1S/C24H31N7O4/c1-2-35-19-6-4-18(5-7-19)28-21(32)16-20-23(34)25-10-11-31(20)22(33)17-29-12-14-30(15-13-29)24-26-8-3-9-27-24/h3-9,20H,2,10-17H2,1H3,(H,25,34)(H,28,32). The Morgan fingerprint density at radius 2 is 1.80 bits per heavy atom. The number of ether oxygens (including phenoxy) is 1. The van der Waals surface area contributed by atoms with Crippen molar-refractivity contribution in [3.63, 3.8) is 0 Å². The lowest BCUT2D eigenvalue weighted by molar-refractivity contribution is -0.145. The summed E-state index contributed by atoms with van der Waals surface area (Å²) in [5, 5.41) is 5.57. The molecule has 4 rings (SSSR count). The summed E-state index contributed by atoms with van der Waals surface area (Å²) in [7, 11) is 0. The molecule has 11 nitrogen and oxygen atoms in total. The second-order valence-electron chi connectivity index (χ2n) is 8.42. The van der Waals surface area contributed by atoms with Crippen LogP contribution in [0.15, 0.2) is 42.7 Å². The molecule has 0 spiro atoms. The molecule has 0 saturated carbocycles. The highest BCUT2D eigenvalue weighted by Gasteiger charge is 2.35. The minimum atomic E-state index is -0.835. The Bertz CT molecular complexity index is 1010. The molecule has 2 aliphatic rings. The van der Waals surface area contributed by atoms with Gasteiger partial charge in [0.2, 0.25) is 23.7 Å². The minimum Gasteiger partial charge on any atom is -0.494 e. The number of aromatic nitrogens is 2. The number of carbonyl (C=O) groups excluding carboxylic acids is 3. The zero-order valence-corrected chi connectivity index (χ0v) is 19.9. The maximum Gasteiger partial charge on any atom is 0.243 e. The number of benzene rings is 1. The molecule has 0 aliphatic carbocycles. The average molecular weight is 482 g/mol. The van der Waals surface area contributed by atoms with Crippen LogP contribution in [-0.4, -0.2) is 96.0 Å². The fraction of sp³-hybridized carbons (Fsp3) is 0.458. The number of piperazine rings is 2. The molecule has 1 unspecified atom stereocenters. The van der Waals surface area contributed by atoms with Gasteiger partial charge in [-0.25, -0.2) is 9.97 Å². The second kappa shape index (κ2) is 11.6. The van der Waals surface area contributed by atoms with E-state index in [-0.39, 0.29) is 30.7 Å². The molecule has 3 amide bonds. The van der Waals surface area contributed by atoms with E-state index in [0.717, 1.165) is 0 Å². The Balaban J connectivity index is 1.30. The molecule has 2 aromatic rings. The molecular weight excluding hydrogens is 450 g/mol. The molecule has 1 aromatic carbocycles. The van der Waals surface area contributed by atoms with Crippen molar-refractivity contribution in [3.05, 3.63) is 42.7 Å². The van der Waals surface area contributed by atoms with Gasteiger partial charge in [0, 0.05) is 57.3 Å². The zero-order valence-electron chi connectivity index (χ0n) is 19.9. The monoisotopic (exact) mass is 481 g/mol. The van der Waals surface area contributed by atoms with Crippen LogP contribution < -0.4 is 20.3 Å². The number of nitrogens with zero attached hydrogens (tertiary/aromatic N) is 5. The third kappa shape index (κ3) is 6.44. The lowest BCUT2D eigenvalue weighted by Gasteiger charge is -2.38. The number of amides is 3. The van der Waals surface area contributed by atoms with Crippen LogP contribution in [-0.2, 0) is 14.4 Å². The first-order valence-corrected chi connectivity index (χ1v) is 11.9. The summed E-state index contributed by atoms with van der Waals surface area (Å²) in [6, 6.07) is 7.97. The van der Waals surface area contributed by atoms with Crippen molar-refractivity contribution < 1.29 is 19.1 Å². The number of hydrogen-bond donors (Lipinski definition) is 2. The summed E-state index contributed by atoms with van der Waals surface area (Å²) in [5.41, 5.74) is 0.604. The third-order valence-electron chi connectivity index (χ3n) is 6.05. The predicted molar refractivity (Wildman–Crippen MR) is 130 cm³/mol. The smallest absolute Gasteiger partial charge is 0.243 e. The van der Waals surface area contributed by atoms with Crippen LogP contribution in [0.2, 0.25) is 0 Å². The van der Waals surface area contributed by atoms with Gasteiger partial charge in [0.25, 0.3) is 0 Å². The summed E-state index contributed by atoms with van der Waals surface area (Å²) >= 11 is 0. The Hall–Kier alpha value is -3.73. The first-order valence-electron chi connectivity index (χ1n) is 11.9. The summed E-state index contributed by atoms with van der Waals surface area (Å²) in [6.07, 6.45) is 3.32. The van der Waals surface area contributed by atoms with Gasteiger partial charge in [0.1, 0.15) is 11.8 Å². The number of rotatable bonds is 8. The van der Waals surface area contributed by atoms with Crippen LogP contribution in [0.25, 0.3) is 0 Å². The summed E-state index contributed by atoms with van der Waals surface area (Å²) in [6.45, 7) is 6.22. The van der Waals surface area contributed by atoms with Crippen molar-refractivity contribution in [1.29, 1.82) is 0 Å². The number of hydrogen-bond acceptors (Lipinski definition) is 8. The predicted octanol–water partition coefficient (Wildman–Crippen LogP) is 0.353. The van der Waals surface area contributed by atoms with Crippen molar-refractivity contribution in [2.45, 2.75) is 19.4 Å². The van der Waals surface area contributed by atoms with E-state index >= 15 is 0 Å². The molecule has 11 heteroatoms. The maximum atomic E-state index is 13.1. The molecule has 2 aliphatic heterocycles. The van der Waals surface area contributed by atoms with Gasteiger partial charge in [-0.2, -0.15) is 0 Å². The molecule has 0 radical (unpaired) electrons. The topological polar surface area (TPSA) is 120 Å². The van der Waals surface area contributed by atoms with Crippen LogP contribution in [0.3, 0.4) is 0 Å². The normalized spacial score (nSPS) is 18.7. The molecule has 1 aromatic heterocycles. The van der Waals surface area contributed by atoms with Crippen molar-refractivity contribution in [2.24, 2.45) is 0 Å². The van der Waals surface area contributed by atoms with Gasteiger partial charge < -0.3 is 25.2 Å². The van der Waals surface area contributed by atoms with Gasteiger partial charge in [-0.15, -0.1) is 0 Å². The van der Waals surface area contributed by atoms with Gasteiger partial charge in [-0.05, 0) is 37.3 Å². The highest BCUT2D eigenvalue weighted by Crippen LogP contribution is 2.17. The van der Waals surface area contributed by atoms with E-state index in [9.17, 15) is 14.4 Å². The van der Waals surface area contributed by atoms with E-state index in [4.69, 9.17) is 4.74 Å². The average Bonchev–Trinajstić information content (AvgIpc) is 2.87. The van der Waals surface area contributed by atoms with E-state index in [2.05, 4.69) is 30.4 Å². The SMILES string of the molecule is CCOc1ccc(NC(=O)CC2C(=O)NCCN2C(=O)CN2CCN(c3ncccn3)CC2)cc1. The van der Waals surface area contributed by atoms with Gasteiger partial charge in [-0.1, -0.05) is 0 Å². The molecular formula is C24H31N7O4. The van der Waals surface area contributed by atoms with Crippen LogP contribution in [0.1, 0.15) is 13.3 Å². The number of nitrogens with one attached hydrogen (secondary N) is 2. The molecule has 0 bridgehead atoms. The van der Waals surface area contributed by atoms with Crippen molar-refractivity contribution >= 4 is 29.4 Å². The van der Waals surface area contributed by atoms with Crippen molar-refractivity contribution in [2.75, 3.05) is 62.6 Å². The van der Waals surface area contributed by atoms with Crippen LogP contribution >= 0.6 is 0 Å². The molecule has 2 saturated heterocycles. The first kappa shape index (κ1) is 24.4. The van der Waals surface area contributed by atoms with E-state index in [1.807, 2.05) is 6.92 Å². The lowest BCUT2D eigenvalue weighted by atomic mass is 10.1. The zero-order chi connectivity index (χ0) is 24.6.